The zero-order valence-corrected chi connectivity index (χ0v) is 16.7. The Balaban J connectivity index is 1.54. The number of nitrogens with zero attached hydrogens (tertiary/aromatic N) is 2. The van der Waals surface area contributed by atoms with Gasteiger partial charge >= 0.3 is 0 Å². The fourth-order valence-corrected chi connectivity index (χ4v) is 4.32. The van der Waals surface area contributed by atoms with Crippen molar-refractivity contribution in [2.24, 2.45) is 0 Å². The molecule has 3 aromatic rings. The molecule has 6 heteroatoms. The Labute approximate surface area is 169 Å². The minimum Gasteiger partial charge on any atom is -0.497 e. The lowest BCUT2D eigenvalue weighted by atomic mass is 9.68. The van der Waals surface area contributed by atoms with E-state index in [-0.39, 0.29) is 5.91 Å². The van der Waals surface area contributed by atoms with Crippen LogP contribution in [0.15, 0.2) is 48.8 Å². The number of benzene rings is 1. The van der Waals surface area contributed by atoms with Crippen LogP contribution in [0.1, 0.15) is 43.4 Å². The number of carbonyl (C=O) groups excluding carboxylic acids is 1. The molecule has 2 heterocycles. The normalized spacial score (nSPS) is 16.1. The van der Waals surface area contributed by atoms with E-state index in [2.05, 4.69) is 10.3 Å². The number of amides is 1. The highest BCUT2D eigenvalue weighted by Gasteiger charge is 2.40. The second kappa shape index (κ2) is 7.84. The number of hydrogen-bond donors (Lipinski definition) is 1. The number of methoxy groups -OCH3 is 1. The van der Waals surface area contributed by atoms with Crippen LogP contribution < -0.4 is 10.1 Å². The van der Waals surface area contributed by atoms with Gasteiger partial charge in [0.1, 0.15) is 11.4 Å². The van der Waals surface area contributed by atoms with Crippen molar-refractivity contribution in [3.8, 4) is 5.75 Å². The predicted octanol–water partition coefficient (Wildman–Crippen LogP) is 4.51. The van der Waals surface area contributed by atoms with Gasteiger partial charge in [0.2, 0.25) is 5.91 Å². The van der Waals surface area contributed by atoms with Gasteiger partial charge in [0.25, 0.3) is 0 Å². The van der Waals surface area contributed by atoms with Gasteiger partial charge in [0, 0.05) is 12.4 Å². The molecule has 1 aliphatic rings. The van der Waals surface area contributed by atoms with E-state index in [9.17, 15) is 4.79 Å². The highest BCUT2D eigenvalue weighted by atomic mass is 35.5. The van der Waals surface area contributed by atoms with E-state index >= 15 is 0 Å². The molecule has 0 saturated heterocycles. The Kier molecular flexibility index (Phi) is 5.27. The SMILES string of the molecule is COc1ccc(C2(C(=O)NCc3cn4cc(Cl)ccc4n3)CCCCC2)cc1. The van der Waals surface area contributed by atoms with Crippen LogP contribution in [0.5, 0.6) is 5.75 Å². The molecule has 1 N–H and O–H groups in total. The third-order valence-electron chi connectivity index (χ3n) is 5.68. The molecule has 5 nitrogen and oxygen atoms in total. The van der Waals surface area contributed by atoms with Crippen molar-refractivity contribution in [3.05, 3.63) is 65.1 Å². The minimum absolute atomic E-state index is 0.0763. The summed E-state index contributed by atoms with van der Waals surface area (Å²) in [6.07, 6.45) is 8.76. The van der Waals surface area contributed by atoms with E-state index < -0.39 is 5.41 Å². The first-order chi connectivity index (χ1) is 13.6. The average molecular weight is 398 g/mol. The number of pyridine rings is 1. The summed E-state index contributed by atoms with van der Waals surface area (Å²) >= 11 is 6.04. The first-order valence-corrected chi connectivity index (χ1v) is 10.0. The molecule has 1 amide bonds. The summed E-state index contributed by atoms with van der Waals surface area (Å²) in [5, 5.41) is 3.79. The van der Waals surface area contributed by atoms with Crippen LogP contribution in [0, 0.1) is 0 Å². The van der Waals surface area contributed by atoms with Crippen molar-refractivity contribution in [2.45, 2.75) is 44.1 Å². The second-order valence-corrected chi connectivity index (χ2v) is 7.84. The molecule has 0 radical (unpaired) electrons. The zero-order valence-electron chi connectivity index (χ0n) is 16.0. The van der Waals surface area contributed by atoms with E-state index in [1.165, 1.54) is 6.42 Å². The molecule has 2 aromatic heterocycles. The maximum Gasteiger partial charge on any atom is 0.230 e. The number of ether oxygens (including phenoxy) is 1. The third-order valence-corrected chi connectivity index (χ3v) is 5.90. The quantitative estimate of drug-likeness (QED) is 0.688. The summed E-state index contributed by atoms with van der Waals surface area (Å²) in [6, 6.07) is 11.6. The molecule has 1 fully saturated rings. The zero-order chi connectivity index (χ0) is 19.6. The molecule has 0 aliphatic heterocycles. The number of aromatic nitrogens is 2. The number of rotatable bonds is 5. The van der Waals surface area contributed by atoms with Gasteiger partial charge in [-0.2, -0.15) is 0 Å². The predicted molar refractivity (Wildman–Crippen MR) is 110 cm³/mol. The first kappa shape index (κ1) is 18.8. The number of carbonyl (C=O) groups is 1. The van der Waals surface area contributed by atoms with Crippen molar-refractivity contribution in [3.63, 3.8) is 0 Å². The van der Waals surface area contributed by atoms with Crippen LogP contribution in [0.2, 0.25) is 5.02 Å². The van der Waals surface area contributed by atoms with Gasteiger partial charge in [-0.15, -0.1) is 0 Å². The van der Waals surface area contributed by atoms with E-state index in [1.807, 2.05) is 53.2 Å². The number of hydrogen-bond acceptors (Lipinski definition) is 3. The molecular formula is C22H24ClN3O2. The van der Waals surface area contributed by atoms with Crippen LogP contribution in [0.4, 0.5) is 0 Å². The Morgan fingerprint density at radius 2 is 1.89 bits per heavy atom. The highest BCUT2D eigenvalue weighted by Crippen LogP contribution is 2.40. The molecule has 1 aromatic carbocycles. The molecule has 28 heavy (non-hydrogen) atoms. The fraction of sp³-hybridized carbons (Fsp3) is 0.364. The van der Waals surface area contributed by atoms with Gasteiger partial charge in [-0.25, -0.2) is 4.98 Å². The van der Waals surface area contributed by atoms with Crippen LogP contribution in [-0.4, -0.2) is 22.4 Å². The second-order valence-electron chi connectivity index (χ2n) is 7.40. The molecule has 1 saturated carbocycles. The lowest BCUT2D eigenvalue weighted by molar-refractivity contribution is -0.128. The Morgan fingerprint density at radius 3 is 2.61 bits per heavy atom. The minimum atomic E-state index is -0.479. The Hall–Kier alpha value is -2.53. The summed E-state index contributed by atoms with van der Waals surface area (Å²) in [4.78, 5) is 17.9. The molecule has 0 spiro atoms. The summed E-state index contributed by atoms with van der Waals surface area (Å²) < 4.78 is 7.15. The van der Waals surface area contributed by atoms with Crippen molar-refractivity contribution in [1.29, 1.82) is 0 Å². The van der Waals surface area contributed by atoms with Crippen molar-refractivity contribution >= 4 is 23.2 Å². The van der Waals surface area contributed by atoms with Gasteiger partial charge in [-0.05, 0) is 42.7 Å². The molecule has 4 rings (SSSR count). The number of nitrogens with one attached hydrogen (secondary N) is 1. The lowest BCUT2D eigenvalue weighted by Crippen LogP contribution is -2.45. The van der Waals surface area contributed by atoms with Crippen molar-refractivity contribution in [1.82, 2.24) is 14.7 Å². The Bertz CT molecular complexity index is 975. The van der Waals surface area contributed by atoms with E-state index in [1.54, 1.807) is 7.11 Å². The fourth-order valence-electron chi connectivity index (χ4n) is 4.15. The summed E-state index contributed by atoms with van der Waals surface area (Å²) in [6.45, 7) is 0.399. The van der Waals surface area contributed by atoms with Gasteiger partial charge in [0.15, 0.2) is 0 Å². The van der Waals surface area contributed by atoms with Gasteiger partial charge < -0.3 is 14.5 Å². The maximum atomic E-state index is 13.3. The smallest absolute Gasteiger partial charge is 0.230 e. The van der Waals surface area contributed by atoms with Gasteiger partial charge in [-0.3, -0.25) is 4.79 Å². The molecular weight excluding hydrogens is 374 g/mol. The molecule has 1 aliphatic carbocycles. The summed E-state index contributed by atoms with van der Waals surface area (Å²) in [5.41, 5.74) is 2.22. The summed E-state index contributed by atoms with van der Waals surface area (Å²) in [5.74, 6) is 0.880. The lowest BCUT2D eigenvalue weighted by Gasteiger charge is -2.36. The van der Waals surface area contributed by atoms with Crippen molar-refractivity contribution in [2.75, 3.05) is 7.11 Å². The van der Waals surface area contributed by atoms with Crippen molar-refractivity contribution < 1.29 is 9.53 Å². The topological polar surface area (TPSA) is 55.6 Å². The van der Waals surface area contributed by atoms with Crippen LogP contribution in [-0.2, 0) is 16.8 Å². The Morgan fingerprint density at radius 1 is 1.14 bits per heavy atom. The number of halogens is 1. The maximum absolute atomic E-state index is 13.3. The van der Waals surface area contributed by atoms with Gasteiger partial charge in [-0.1, -0.05) is 43.0 Å². The molecule has 0 unspecified atom stereocenters. The molecule has 146 valence electrons. The standard InChI is InChI=1S/C22H24ClN3O2/c1-28-19-8-5-16(6-9-19)22(11-3-2-4-12-22)21(27)24-13-18-15-26-14-17(23)7-10-20(26)25-18/h5-10,14-15H,2-4,11-13H2,1H3,(H,24,27). The molecule has 0 bridgehead atoms. The molecule has 0 atom stereocenters. The summed E-state index contributed by atoms with van der Waals surface area (Å²) in [7, 11) is 1.65. The average Bonchev–Trinajstić information content (AvgIpc) is 3.14. The largest absolute Gasteiger partial charge is 0.497 e. The number of imidazole rings is 1. The van der Waals surface area contributed by atoms with Gasteiger partial charge in [0.05, 0.1) is 29.8 Å². The van der Waals surface area contributed by atoms with E-state index in [4.69, 9.17) is 16.3 Å². The third kappa shape index (κ3) is 3.59. The van der Waals surface area contributed by atoms with E-state index in [0.717, 1.165) is 48.3 Å². The monoisotopic (exact) mass is 397 g/mol. The van der Waals surface area contributed by atoms with E-state index in [0.29, 0.717) is 11.6 Å². The van der Waals surface area contributed by atoms with Crippen LogP contribution >= 0.6 is 11.6 Å². The number of fused-ring (bicyclic) bond motifs is 1. The van der Waals surface area contributed by atoms with Crippen LogP contribution in [0.3, 0.4) is 0 Å². The highest BCUT2D eigenvalue weighted by molar-refractivity contribution is 6.30. The van der Waals surface area contributed by atoms with Crippen LogP contribution in [0.25, 0.3) is 5.65 Å². The first-order valence-electron chi connectivity index (χ1n) is 9.67.